The Morgan fingerprint density at radius 1 is 1.07 bits per heavy atom. The second-order valence-electron chi connectivity index (χ2n) is 8.37. The molecule has 1 rings (SSSR count). The summed E-state index contributed by atoms with van der Waals surface area (Å²) in [5, 5.41) is 5.77. The van der Waals surface area contributed by atoms with E-state index in [0.717, 1.165) is 21.7 Å². The van der Waals surface area contributed by atoms with Gasteiger partial charge in [0.15, 0.2) is 13.1 Å². The number of rotatable bonds is 8. The number of hydrogen-bond acceptors (Lipinski definition) is 3. The number of likely N-dealkylation sites (N-methyl/N-ethyl adjacent to an activating group) is 2. The molecule has 3 amide bonds. The van der Waals surface area contributed by atoms with Gasteiger partial charge in [0.2, 0.25) is 5.91 Å². The molecule has 0 bridgehead atoms. The lowest BCUT2D eigenvalue weighted by molar-refractivity contribution is -0.882. The van der Waals surface area contributed by atoms with Crippen molar-refractivity contribution in [1.29, 1.82) is 0 Å². The van der Waals surface area contributed by atoms with Crippen LogP contribution in [0.4, 0.5) is 5.69 Å². The van der Waals surface area contributed by atoms with E-state index in [2.05, 4.69) is 10.6 Å². The molecule has 1 aromatic carbocycles. The van der Waals surface area contributed by atoms with Crippen LogP contribution in [0.25, 0.3) is 0 Å². The third-order valence-electron chi connectivity index (χ3n) is 4.30. The van der Waals surface area contributed by atoms with Crippen LogP contribution < -0.4 is 15.5 Å². The molecule has 0 aliphatic heterocycles. The van der Waals surface area contributed by atoms with Crippen LogP contribution in [-0.4, -0.2) is 61.4 Å². The first kappa shape index (κ1) is 23.6. The molecular formula is C21H35N4O3+. The Balaban J connectivity index is 2.57. The quantitative estimate of drug-likeness (QED) is 0.604. The number of carbonyl (C=O) groups excluding carboxylic acids is 3. The van der Waals surface area contributed by atoms with Gasteiger partial charge in [-0.1, -0.05) is 12.1 Å². The molecule has 156 valence electrons. The zero-order chi connectivity index (χ0) is 21.5. The van der Waals surface area contributed by atoms with E-state index >= 15 is 0 Å². The van der Waals surface area contributed by atoms with Crippen molar-refractivity contribution in [3.63, 3.8) is 0 Å². The van der Waals surface area contributed by atoms with Crippen LogP contribution in [-0.2, 0) is 14.4 Å². The van der Waals surface area contributed by atoms with Gasteiger partial charge >= 0.3 is 0 Å². The fourth-order valence-electron chi connectivity index (χ4n) is 2.71. The van der Waals surface area contributed by atoms with E-state index in [-0.39, 0.29) is 42.9 Å². The Morgan fingerprint density at radius 3 is 2.29 bits per heavy atom. The van der Waals surface area contributed by atoms with E-state index in [0.29, 0.717) is 6.54 Å². The number of anilines is 1. The molecule has 0 aromatic heterocycles. The molecule has 0 aliphatic carbocycles. The third-order valence-corrected chi connectivity index (χ3v) is 4.30. The van der Waals surface area contributed by atoms with Crippen LogP contribution in [0.5, 0.6) is 0 Å². The number of benzene rings is 1. The van der Waals surface area contributed by atoms with E-state index in [4.69, 9.17) is 0 Å². The summed E-state index contributed by atoms with van der Waals surface area (Å²) >= 11 is 0. The van der Waals surface area contributed by atoms with Gasteiger partial charge in [0.25, 0.3) is 11.8 Å². The normalized spacial score (nSPS) is 12.2. The van der Waals surface area contributed by atoms with Crippen molar-refractivity contribution in [2.24, 2.45) is 0 Å². The van der Waals surface area contributed by atoms with Crippen molar-refractivity contribution < 1.29 is 19.3 Å². The predicted molar refractivity (Wildman–Crippen MR) is 111 cm³/mol. The first-order valence-electron chi connectivity index (χ1n) is 9.67. The number of carbonyl (C=O) groups is 3. The average Bonchev–Trinajstić information content (AvgIpc) is 2.55. The summed E-state index contributed by atoms with van der Waals surface area (Å²) in [4.78, 5) is 39.1. The summed E-state index contributed by atoms with van der Waals surface area (Å²) in [6.45, 7) is 12.6. The van der Waals surface area contributed by atoms with Gasteiger partial charge in [-0.3, -0.25) is 14.4 Å². The average molecular weight is 392 g/mol. The van der Waals surface area contributed by atoms with Crippen molar-refractivity contribution in [3.05, 3.63) is 29.3 Å². The maximum Gasteiger partial charge on any atom is 0.277 e. The minimum absolute atomic E-state index is 0.0304. The Morgan fingerprint density at radius 2 is 1.71 bits per heavy atom. The largest absolute Gasteiger partial charge is 0.347 e. The zero-order valence-electron chi connectivity index (χ0n) is 18.2. The number of hydrogen-bond donors (Lipinski definition) is 3. The van der Waals surface area contributed by atoms with Gasteiger partial charge in [0, 0.05) is 18.3 Å². The maximum absolute atomic E-state index is 12.5. The van der Waals surface area contributed by atoms with Crippen LogP contribution in [0.3, 0.4) is 0 Å². The van der Waals surface area contributed by atoms with E-state index in [1.165, 1.54) is 4.90 Å². The summed E-state index contributed by atoms with van der Waals surface area (Å²) in [5.74, 6) is -0.503. The van der Waals surface area contributed by atoms with E-state index < -0.39 is 0 Å². The highest BCUT2D eigenvalue weighted by Crippen LogP contribution is 2.16. The van der Waals surface area contributed by atoms with Gasteiger partial charge in [0.1, 0.15) is 0 Å². The van der Waals surface area contributed by atoms with Crippen molar-refractivity contribution >= 4 is 23.4 Å². The molecule has 7 heteroatoms. The lowest BCUT2D eigenvalue weighted by atomic mass is 10.1. The molecule has 1 unspecified atom stereocenters. The zero-order valence-corrected chi connectivity index (χ0v) is 18.2. The minimum atomic E-state index is -0.303. The second kappa shape index (κ2) is 10.2. The van der Waals surface area contributed by atoms with Gasteiger partial charge in [-0.05, 0) is 58.7 Å². The van der Waals surface area contributed by atoms with Gasteiger partial charge in [-0.2, -0.15) is 0 Å². The molecule has 0 spiro atoms. The van der Waals surface area contributed by atoms with Gasteiger partial charge in [-0.15, -0.1) is 0 Å². The predicted octanol–water partition coefficient (Wildman–Crippen LogP) is 0.520. The van der Waals surface area contributed by atoms with Crippen LogP contribution >= 0.6 is 0 Å². The summed E-state index contributed by atoms with van der Waals surface area (Å²) < 4.78 is 0. The lowest BCUT2D eigenvalue weighted by Gasteiger charge is -2.24. The molecule has 0 aliphatic rings. The third kappa shape index (κ3) is 8.52. The fraction of sp³-hybridized carbons (Fsp3) is 0.571. The molecule has 7 nitrogen and oxygen atoms in total. The van der Waals surface area contributed by atoms with Gasteiger partial charge in [-0.25, -0.2) is 0 Å². The van der Waals surface area contributed by atoms with E-state index in [9.17, 15) is 14.4 Å². The molecular weight excluding hydrogens is 356 g/mol. The molecule has 28 heavy (non-hydrogen) atoms. The molecule has 3 N–H and O–H groups in total. The Labute approximate surface area is 168 Å². The second-order valence-corrected chi connectivity index (χ2v) is 8.37. The first-order valence-corrected chi connectivity index (χ1v) is 9.67. The standard InChI is InChI=1S/C21H34N4O3/c1-8-25(13-19(27)23-21(4,5)6)14-20(28)24(7)12-18(26)22-17-11-15(2)9-10-16(17)3/h9-11H,8,12-14H2,1-7H3,(H,22,26)(H,23,27)/p+1. The molecule has 0 saturated carbocycles. The Bertz CT molecular complexity index is 710. The van der Waals surface area contributed by atoms with Crippen LogP contribution in [0.2, 0.25) is 0 Å². The molecule has 0 heterocycles. The summed E-state index contributed by atoms with van der Waals surface area (Å²) in [7, 11) is 1.60. The molecule has 0 fully saturated rings. The van der Waals surface area contributed by atoms with Crippen molar-refractivity contribution in [2.75, 3.05) is 38.5 Å². The Kier molecular flexibility index (Phi) is 8.63. The van der Waals surface area contributed by atoms with Crippen molar-refractivity contribution in [2.45, 2.75) is 47.1 Å². The number of quaternary nitrogens is 1. The lowest BCUT2D eigenvalue weighted by Crippen LogP contribution is -3.14. The van der Waals surface area contributed by atoms with Crippen molar-refractivity contribution in [3.8, 4) is 0 Å². The van der Waals surface area contributed by atoms with Crippen molar-refractivity contribution in [1.82, 2.24) is 10.2 Å². The SMILES string of the molecule is CC[NH+](CC(=O)NC(C)(C)C)CC(=O)N(C)CC(=O)Nc1cc(C)ccc1C. The van der Waals surface area contributed by atoms with Crippen LogP contribution in [0, 0.1) is 13.8 Å². The number of aryl methyl sites for hydroxylation is 2. The highest BCUT2D eigenvalue weighted by Gasteiger charge is 2.22. The highest BCUT2D eigenvalue weighted by atomic mass is 16.2. The van der Waals surface area contributed by atoms with E-state index in [1.54, 1.807) is 7.05 Å². The summed E-state index contributed by atoms with van der Waals surface area (Å²) in [6, 6.07) is 5.84. The topological polar surface area (TPSA) is 83.0 Å². The van der Waals surface area contributed by atoms with Gasteiger partial charge in [0.05, 0.1) is 13.1 Å². The van der Waals surface area contributed by atoms with Gasteiger partial charge < -0.3 is 20.4 Å². The molecule has 1 atom stereocenters. The number of nitrogens with zero attached hydrogens (tertiary/aromatic N) is 1. The van der Waals surface area contributed by atoms with Crippen LogP contribution in [0.1, 0.15) is 38.8 Å². The Hall–Kier alpha value is -2.41. The van der Waals surface area contributed by atoms with Crippen LogP contribution in [0.15, 0.2) is 18.2 Å². The first-order chi connectivity index (χ1) is 12.9. The number of nitrogens with one attached hydrogen (secondary N) is 3. The maximum atomic E-state index is 12.5. The van der Waals surface area contributed by atoms with E-state index in [1.807, 2.05) is 59.7 Å². The fourth-order valence-corrected chi connectivity index (χ4v) is 2.71. The monoisotopic (exact) mass is 391 g/mol. The highest BCUT2D eigenvalue weighted by molar-refractivity contribution is 5.95. The molecule has 1 aromatic rings. The smallest absolute Gasteiger partial charge is 0.277 e. The molecule has 0 radical (unpaired) electrons. The minimum Gasteiger partial charge on any atom is -0.347 e. The number of amides is 3. The summed E-state index contributed by atoms with van der Waals surface area (Å²) in [6.07, 6.45) is 0. The summed E-state index contributed by atoms with van der Waals surface area (Å²) in [5.41, 5.74) is 2.48. The molecule has 0 saturated heterocycles.